The maximum absolute atomic E-state index is 12.6. The van der Waals surface area contributed by atoms with E-state index in [1.165, 1.54) is 0 Å². The van der Waals surface area contributed by atoms with Gasteiger partial charge in [0, 0.05) is 53.9 Å². The summed E-state index contributed by atoms with van der Waals surface area (Å²) in [6, 6.07) is 16.5. The lowest BCUT2D eigenvalue weighted by molar-refractivity contribution is -0.133. The molecular weight excluding hydrogens is 484 g/mol. The van der Waals surface area contributed by atoms with Gasteiger partial charge in [-0.1, -0.05) is 36.4 Å². The van der Waals surface area contributed by atoms with Crippen molar-refractivity contribution < 1.29 is 9.00 Å². The first-order chi connectivity index (χ1) is 18.0. The Kier molecular flexibility index (Phi) is 6.46. The van der Waals surface area contributed by atoms with E-state index < -0.39 is 10.8 Å². The molecule has 1 N–H and O–H groups in total. The van der Waals surface area contributed by atoms with Crippen molar-refractivity contribution in [2.75, 3.05) is 24.7 Å². The van der Waals surface area contributed by atoms with Crippen LogP contribution in [-0.2, 0) is 21.3 Å². The molecule has 8 nitrogen and oxygen atoms in total. The van der Waals surface area contributed by atoms with Crippen LogP contribution in [0.2, 0.25) is 0 Å². The predicted molar refractivity (Wildman–Crippen MR) is 146 cm³/mol. The van der Waals surface area contributed by atoms with Gasteiger partial charge in [0.25, 0.3) is 0 Å². The van der Waals surface area contributed by atoms with Crippen molar-refractivity contribution in [1.82, 2.24) is 24.4 Å². The van der Waals surface area contributed by atoms with Gasteiger partial charge in [0.15, 0.2) is 0 Å². The number of rotatable bonds is 7. The van der Waals surface area contributed by atoms with Crippen LogP contribution in [0.5, 0.6) is 0 Å². The molecule has 1 aliphatic carbocycles. The zero-order valence-corrected chi connectivity index (χ0v) is 21.7. The van der Waals surface area contributed by atoms with Crippen molar-refractivity contribution in [2.24, 2.45) is 5.92 Å². The van der Waals surface area contributed by atoms with Gasteiger partial charge in [0.2, 0.25) is 11.9 Å². The third-order valence-electron chi connectivity index (χ3n) is 7.06. The Labute approximate surface area is 218 Å². The van der Waals surface area contributed by atoms with E-state index in [1.807, 2.05) is 27.7 Å². The lowest BCUT2D eigenvalue weighted by atomic mass is 10.1. The molecule has 1 amide bonds. The van der Waals surface area contributed by atoms with Crippen LogP contribution in [-0.4, -0.2) is 59.9 Å². The second kappa shape index (κ2) is 10.0. The second-order valence-corrected chi connectivity index (χ2v) is 11.4. The molecule has 1 saturated carbocycles. The van der Waals surface area contributed by atoms with Crippen LogP contribution in [0.25, 0.3) is 28.0 Å². The quantitative estimate of drug-likeness (QED) is 0.398. The number of nitrogens with one attached hydrogen (secondary N) is 1. The molecule has 3 heterocycles. The number of nitrogens with zero attached hydrogens (tertiary/aromatic N) is 5. The number of amides is 1. The van der Waals surface area contributed by atoms with E-state index in [9.17, 15) is 9.00 Å². The van der Waals surface area contributed by atoms with Crippen molar-refractivity contribution in [3.63, 3.8) is 0 Å². The van der Waals surface area contributed by atoms with Crippen LogP contribution in [0, 0.1) is 5.92 Å². The van der Waals surface area contributed by atoms with E-state index in [2.05, 4.69) is 40.6 Å². The number of fused-ring (bicyclic) bond motifs is 1. The fourth-order valence-electron chi connectivity index (χ4n) is 5.09. The highest BCUT2D eigenvalue weighted by atomic mass is 32.2. The Hall–Kier alpha value is -3.59. The van der Waals surface area contributed by atoms with Gasteiger partial charge in [0.05, 0.1) is 17.6 Å². The number of aromatic nitrogens is 4. The van der Waals surface area contributed by atoms with Gasteiger partial charge < -0.3 is 10.2 Å². The molecule has 2 aromatic carbocycles. The van der Waals surface area contributed by atoms with Crippen LogP contribution in [0.4, 0.5) is 5.95 Å². The van der Waals surface area contributed by atoms with E-state index in [1.54, 1.807) is 18.6 Å². The van der Waals surface area contributed by atoms with Crippen molar-refractivity contribution in [3.8, 4) is 17.2 Å². The molecule has 1 unspecified atom stereocenters. The third-order valence-corrected chi connectivity index (χ3v) is 7.76. The number of carbonyl (C=O) groups excluding carboxylic acids is 1. The van der Waals surface area contributed by atoms with E-state index in [0.717, 1.165) is 60.1 Å². The average Bonchev–Trinajstić information content (AvgIpc) is 3.68. The molecule has 2 aliphatic rings. The van der Waals surface area contributed by atoms with E-state index in [-0.39, 0.29) is 17.9 Å². The summed E-state index contributed by atoms with van der Waals surface area (Å²) in [5.74, 6) is 2.82. The number of hydrogen-bond donors (Lipinski definition) is 1. The number of likely N-dealkylation sites (tertiary alicyclic amines) is 1. The summed E-state index contributed by atoms with van der Waals surface area (Å²) in [6.07, 6.45) is 9.19. The number of piperidine rings is 1. The Morgan fingerprint density at radius 2 is 1.92 bits per heavy atom. The highest BCUT2D eigenvalue weighted by molar-refractivity contribution is 7.83. The molecule has 37 heavy (non-hydrogen) atoms. The average molecular weight is 515 g/mol. The molecule has 0 spiro atoms. The van der Waals surface area contributed by atoms with E-state index in [0.29, 0.717) is 24.1 Å². The molecule has 0 bridgehead atoms. The smallest absolute Gasteiger partial charge is 0.225 e. The van der Waals surface area contributed by atoms with Gasteiger partial charge in [0.1, 0.15) is 11.6 Å². The van der Waals surface area contributed by atoms with Crippen LogP contribution in [0.15, 0.2) is 60.9 Å². The molecular formula is C28H30N6O2S. The Morgan fingerprint density at radius 3 is 2.73 bits per heavy atom. The van der Waals surface area contributed by atoms with Gasteiger partial charge in [-0.2, -0.15) is 4.98 Å². The zero-order chi connectivity index (χ0) is 25.4. The van der Waals surface area contributed by atoms with Crippen molar-refractivity contribution in [3.05, 3.63) is 66.6 Å². The molecule has 1 saturated heterocycles. The summed E-state index contributed by atoms with van der Waals surface area (Å²) in [5, 5.41) is 5.75. The molecule has 1 aliphatic heterocycles. The first kappa shape index (κ1) is 23.8. The highest BCUT2D eigenvalue weighted by Crippen LogP contribution is 2.32. The van der Waals surface area contributed by atoms with Gasteiger partial charge in [-0.25, -0.2) is 9.97 Å². The third kappa shape index (κ3) is 5.13. The molecule has 0 radical (unpaired) electrons. The lowest BCUT2D eigenvalue weighted by Crippen LogP contribution is -2.45. The van der Waals surface area contributed by atoms with Gasteiger partial charge in [-0.05, 0) is 48.6 Å². The fourth-order valence-corrected chi connectivity index (χ4v) is 5.71. The normalized spacial score (nSPS) is 18.6. The van der Waals surface area contributed by atoms with Gasteiger partial charge >= 0.3 is 0 Å². The number of hydrogen-bond acceptors (Lipinski definition) is 6. The summed E-state index contributed by atoms with van der Waals surface area (Å²) >= 11 is 0. The Morgan fingerprint density at radius 1 is 1.08 bits per heavy atom. The Balaban J connectivity index is 1.31. The lowest BCUT2D eigenvalue weighted by Gasteiger charge is -2.33. The second-order valence-electron chi connectivity index (χ2n) is 9.97. The molecule has 2 atom stereocenters. The number of carbonyl (C=O) groups is 1. The van der Waals surface area contributed by atoms with Crippen molar-refractivity contribution >= 4 is 33.4 Å². The molecule has 9 heteroatoms. The van der Waals surface area contributed by atoms with Crippen molar-refractivity contribution in [2.45, 2.75) is 37.5 Å². The predicted octanol–water partition coefficient (Wildman–Crippen LogP) is 4.17. The topological polar surface area (TPSA) is 93.0 Å². The first-order valence-electron chi connectivity index (χ1n) is 12.8. The molecule has 6 rings (SSSR count). The monoisotopic (exact) mass is 514 g/mol. The van der Waals surface area contributed by atoms with Crippen LogP contribution < -0.4 is 5.32 Å². The number of anilines is 1. The summed E-state index contributed by atoms with van der Waals surface area (Å²) in [4.78, 5) is 28.6. The van der Waals surface area contributed by atoms with Crippen LogP contribution in [0.3, 0.4) is 0 Å². The molecule has 190 valence electrons. The zero-order valence-electron chi connectivity index (χ0n) is 20.8. The first-order valence-corrected chi connectivity index (χ1v) is 14.5. The van der Waals surface area contributed by atoms with Gasteiger partial charge in [-0.3, -0.25) is 13.6 Å². The minimum atomic E-state index is -1.04. The minimum Gasteiger partial charge on any atom is -0.350 e. The summed E-state index contributed by atoms with van der Waals surface area (Å²) < 4.78 is 14.2. The summed E-state index contributed by atoms with van der Waals surface area (Å²) in [7, 11) is -1.04. The van der Waals surface area contributed by atoms with E-state index >= 15 is 0 Å². The summed E-state index contributed by atoms with van der Waals surface area (Å²) in [6.45, 7) is 1.51. The highest BCUT2D eigenvalue weighted by Gasteiger charge is 2.35. The fraction of sp³-hybridized carbons (Fsp3) is 0.357. The van der Waals surface area contributed by atoms with Crippen LogP contribution in [0.1, 0.15) is 31.4 Å². The van der Waals surface area contributed by atoms with E-state index in [4.69, 9.17) is 9.97 Å². The van der Waals surface area contributed by atoms with Gasteiger partial charge in [-0.15, -0.1) is 0 Å². The number of imidazole rings is 1. The molecule has 2 fully saturated rings. The minimum absolute atomic E-state index is 0.108. The SMILES string of the molecule is CS(=O)Cc1cnc(-c2ccc3ccccc3c2)n1-c1ccnc(N[C@H]2CCCN(C(=O)C3CC3)C2)n1. The largest absolute Gasteiger partial charge is 0.350 e. The maximum atomic E-state index is 12.6. The molecule has 2 aromatic heterocycles. The summed E-state index contributed by atoms with van der Waals surface area (Å²) in [5.41, 5.74) is 1.79. The number of benzene rings is 2. The Bertz CT molecular complexity index is 1480. The standard InChI is InChI=1S/C28H30N6O2S/c1-37(36)18-24-16-30-26(22-11-8-19-5-2-3-6-21(19)15-22)34(24)25-12-13-29-28(32-25)31-23-7-4-14-33(17-23)27(35)20-9-10-20/h2-3,5-6,8,11-13,15-16,20,23H,4,7,9-10,14,17-18H2,1H3,(H,29,31,32)/t23-,37?/m0/s1. The maximum Gasteiger partial charge on any atom is 0.225 e. The molecule has 4 aromatic rings. The van der Waals surface area contributed by atoms with Crippen molar-refractivity contribution in [1.29, 1.82) is 0 Å². The van der Waals surface area contributed by atoms with Crippen LogP contribution >= 0.6 is 0 Å².